The molecule has 6 heteroatoms. The van der Waals surface area contributed by atoms with Crippen molar-refractivity contribution in [2.24, 2.45) is 5.73 Å². The highest BCUT2D eigenvalue weighted by molar-refractivity contribution is 7.09. The molecule has 1 amide bonds. The molecule has 2 aromatic rings. The normalized spacial score (nSPS) is 13.6. The molecule has 22 heavy (non-hydrogen) atoms. The zero-order valence-electron chi connectivity index (χ0n) is 12.8. The van der Waals surface area contributed by atoms with Gasteiger partial charge in [-0.2, -0.15) is 0 Å². The van der Waals surface area contributed by atoms with Crippen LogP contribution in [-0.4, -0.2) is 18.0 Å². The van der Waals surface area contributed by atoms with Crippen LogP contribution in [0.4, 0.5) is 0 Å². The lowest BCUT2D eigenvalue weighted by Crippen LogP contribution is -2.27. The number of amides is 1. The fourth-order valence-electron chi connectivity index (χ4n) is 1.97. The summed E-state index contributed by atoms with van der Waals surface area (Å²) in [4.78, 5) is 16.4. The van der Waals surface area contributed by atoms with Gasteiger partial charge >= 0.3 is 0 Å². The molecule has 0 radical (unpaired) electrons. The third kappa shape index (κ3) is 4.62. The number of carbonyl (C=O) groups excluding carboxylic acids is 1. The Balaban J connectivity index is 1.81. The van der Waals surface area contributed by atoms with Gasteiger partial charge in [-0.15, -0.1) is 11.3 Å². The van der Waals surface area contributed by atoms with Crippen molar-refractivity contribution in [1.29, 1.82) is 0 Å². The lowest BCUT2D eigenvalue weighted by molar-refractivity contribution is -0.121. The van der Waals surface area contributed by atoms with Crippen LogP contribution in [0.3, 0.4) is 0 Å². The van der Waals surface area contributed by atoms with Gasteiger partial charge in [-0.1, -0.05) is 30.3 Å². The maximum Gasteiger partial charge on any atom is 0.222 e. The molecule has 5 nitrogen and oxygen atoms in total. The van der Waals surface area contributed by atoms with Crippen molar-refractivity contribution in [3.05, 3.63) is 52.0 Å². The predicted molar refractivity (Wildman–Crippen MR) is 87.4 cm³/mol. The lowest BCUT2D eigenvalue weighted by atomic mass is 10.0. The van der Waals surface area contributed by atoms with Gasteiger partial charge in [-0.3, -0.25) is 4.79 Å². The molecule has 2 unspecified atom stereocenters. The number of nitrogens with zero attached hydrogens (tertiary/aromatic N) is 1. The molecule has 0 saturated carbocycles. The number of hydrogen-bond donors (Lipinski definition) is 2. The smallest absolute Gasteiger partial charge is 0.222 e. The van der Waals surface area contributed by atoms with Crippen LogP contribution in [0.2, 0.25) is 0 Å². The summed E-state index contributed by atoms with van der Waals surface area (Å²) in [7, 11) is 1.65. The minimum absolute atomic E-state index is 0.0269. The maximum absolute atomic E-state index is 12.0. The molecule has 1 aromatic carbocycles. The zero-order valence-corrected chi connectivity index (χ0v) is 13.6. The third-order valence-corrected chi connectivity index (χ3v) is 4.43. The average Bonchev–Trinajstić information content (AvgIpc) is 3.02. The highest BCUT2D eigenvalue weighted by atomic mass is 32.1. The largest absolute Gasteiger partial charge is 0.375 e. The predicted octanol–water partition coefficient (Wildman–Crippen LogP) is 2.56. The fraction of sp³-hybridized carbons (Fsp3) is 0.375. The topological polar surface area (TPSA) is 77.2 Å². The number of hydrogen-bond acceptors (Lipinski definition) is 5. The van der Waals surface area contributed by atoms with Crippen LogP contribution in [0, 0.1) is 0 Å². The first-order valence-corrected chi connectivity index (χ1v) is 8.02. The Labute approximate surface area is 134 Å². The summed E-state index contributed by atoms with van der Waals surface area (Å²) in [5.41, 5.74) is 7.83. The monoisotopic (exact) mass is 319 g/mol. The molecule has 0 bridgehead atoms. The molecule has 0 aliphatic rings. The summed E-state index contributed by atoms with van der Waals surface area (Å²) >= 11 is 1.53. The molecule has 0 aliphatic heterocycles. The highest BCUT2D eigenvalue weighted by Crippen LogP contribution is 2.20. The van der Waals surface area contributed by atoms with E-state index < -0.39 is 0 Å². The quantitative estimate of drug-likeness (QED) is 0.822. The van der Waals surface area contributed by atoms with Crippen LogP contribution in [0.1, 0.15) is 41.8 Å². The van der Waals surface area contributed by atoms with Crippen LogP contribution >= 0.6 is 11.3 Å². The van der Waals surface area contributed by atoms with E-state index in [1.807, 2.05) is 42.6 Å². The first kappa shape index (κ1) is 16.6. The van der Waals surface area contributed by atoms with Crippen LogP contribution < -0.4 is 11.1 Å². The summed E-state index contributed by atoms with van der Waals surface area (Å²) in [5.74, 6) is -0.0781. The fourth-order valence-corrected chi connectivity index (χ4v) is 2.82. The highest BCUT2D eigenvalue weighted by Gasteiger charge is 2.13. The van der Waals surface area contributed by atoms with Gasteiger partial charge in [0.05, 0.1) is 12.2 Å². The number of methoxy groups -OCH3 is 1. The number of ether oxygens (including phenoxy) is 1. The van der Waals surface area contributed by atoms with E-state index in [9.17, 15) is 4.79 Å². The Bertz CT molecular complexity index is 600. The van der Waals surface area contributed by atoms with Crippen molar-refractivity contribution in [3.8, 4) is 0 Å². The van der Waals surface area contributed by atoms with E-state index in [-0.39, 0.29) is 24.5 Å². The average molecular weight is 319 g/mol. The number of carbonyl (C=O) groups is 1. The summed E-state index contributed by atoms with van der Waals surface area (Å²) in [6, 6.07) is 9.33. The van der Waals surface area contributed by atoms with E-state index in [0.29, 0.717) is 6.54 Å². The summed E-state index contributed by atoms with van der Waals surface area (Å²) < 4.78 is 5.22. The number of aromatic nitrogens is 1. The van der Waals surface area contributed by atoms with Crippen molar-refractivity contribution in [3.63, 3.8) is 0 Å². The second-order valence-corrected chi connectivity index (χ2v) is 5.94. The number of benzene rings is 1. The van der Waals surface area contributed by atoms with Crippen molar-refractivity contribution in [2.75, 3.05) is 7.11 Å². The Hall–Kier alpha value is -1.76. The third-order valence-electron chi connectivity index (χ3n) is 3.37. The summed E-state index contributed by atoms with van der Waals surface area (Å²) in [6.07, 6.45) is 0.233. The minimum atomic E-state index is -0.291. The Morgan fingerprint density at radius 2 is 2.14 bits per heavy atom. The molecule has 1 heterocycles. The number of thiazole rings is 1. The Morgan fingerprint density at radius 3 is 2.82 bits per heavy atom. The van der Waals surface area contributed by atoms with Crippen LogP contribution in [-0.2, 0) is 16.1 Å². The molecule has 2 rings (SSSR count). The van der Waals surface area contributed by atoms with Crippen molar-refractivity contribution < 1.29 is 9.53 Å². The number of nitrogens with two attached hydrogens (primary N) is 1. The van der Waals surface area contributed by atoms with E-state index in [2.05, 4.69) is 10.3 Å². The van der Waals surface area contributed by atoms with Gasteiger partial charge in [0.15, 0.2) is 0 Å². The Kier molecular flexibility index (Phi) is 6.06. The van der Waals surface area contributed by atoms with Gasteiger partial charge in [0.1, 0.15) is 11.1 Å². The van der Waals surface area contributed by atoms with E-state index in [1.165, 1.54) is 11.3 Å². The maximum atomic E-state index is 12.0. The lowest BCUT2D eigenvalue weighted by Gasteiger charge is -2.11. The van der Waals surface area contributed by atoms with Crippen LogP contribution in [0.25, 0.3) is 0 Å². The van der Waals surface area contributed by atoms with Crippen LogP contribution in [0.15, 0.2) is 35.7 Å². The molecule has 0 fully saturated rings. The molecule has 2 atom stereocenters. The van der Waals surface area contributed by atoms with E-state index >= 15 is 0 Å². The van der Waals surface area contributed by atoms with Crippen molar-refractivity contribution in [2.45, 2.75) is 32.0 Å². The molecule has 0 saturated heterocycles. The van der Waals surface area contributed by atoms with E-state index in [4.69, 9.17) is 10.5 Å². The van der Waals surface area contributed by atoms with Gasteiger partial charge in [0.2, 0.25) is 5.91 Å². The van der Waals surface area contributed by atoms with Gasteiger partial charge in [-0.05, 0) is 12.5 Å². The first-order valence-electron chi connectivity index (χ1n) is 7.14. The second-order valence-electron chi connectivity index (χ2n) is 5.05. The molecule has 118 valence electrons. The van der Waals surface area contributed by atoms with Crippen LogP contribution in [0.5, 0.6) is 0 Å². The standard InChI is InChI=1S/C16H21N3O2S/c1-11(21-2)16-19-13(10-22-16)9-18-15(20)8-14(17)12-6-4-3-5-7-12/h3-7,10-11,14H,8-9,17H2,1-2H3,(H,18,20). The second kappa shape index (κ2) is 8.03. The molecular formula is C16H21N3O2S. The van der Waals surface area contributed by atoms with Gasteiger partial charge in [0.25, 0.3) is 0 Å². The minimum Gasteiger partial charge on any atom is -0.375 e. The van der Waals surface area contributed by atoms with Crippen molar-refractivity contribution in [1.82, 2.24) is 10.3 Å². The molecule has 3 N–H and O–H groups in total. The van der Waals surface area contributed by atoms with Gasteiger partial charge < -0.3 is 15.8 Å². The van der Waals surface area contributed by atoms with E-state index in [1.54, 1.807) is 7.11 Å². The van der Waals surface area contributed by atoms with Crippen molar-refractivity contribution >= 4 is 17.2 Å². The molecule has 0 aliphatic carbocycles. The zero-order chi connectivity index (χ0) is 15.9. The SMILES string of the molecule is COC(C)c1nc(CNC(=O)CC(N)c2ccccc2)cs1. The number of nitrogens with one attached hydrogen (secondary N) is 1. The van der Waals surface area contributed by atoms with E-state index in [0.717, 1.165) is 16.3 Å². The summed E-state index contributed by atoms with van der Waals surface area (Å²) in [5, 5.41) is 5.70. The van der Waals surface area contributed by atoms with Gasteiger partial charge in [0, 0.05) is 25.0 Å². The summed E-state index contributed by atoms with van der Waals surface area (Å²) in [6.45, 7) is 2.35. The van der Waals surface area contributed by atoms with Gasteiger partial charge in [-0.25, -0.2) is 4.98 Å². The molecular weight excluding hydrogens is 298 g/mol. The molecule has 0 spiro atoms. The number of rotatable bonds is 7. The Morgan fingerprint density at radius 1 is 1.41 bits per heavy atom. The molecule has 1 aromatic heterocycles. The first-order chi connectivity index (χ1) is 10.6.